The minimum atomic E-state index is 0.333. The average Bonchev–Trinajstić information content (AvgIpc) is 2.58. The molecule has 4 heteroatoms. The van der Waals surface area contributed by atoms with Crippen LogP contribution >= 0.6 is 11.6 Å². The summed E-state index contributed by atoms with van der Waals surface area (Å²) in [5, 5.41) is 0.743. The minimum absolute atomic E-state index is 0.333. The molecule has 0 spiro atoms. The molecular formula is C19H30ClNO2. The van der Waals surface area contributed by atoms with Crippen LogP contribution < -0.4 is 4.74 Å². The maximum absolute atomic E-state index is 5.89. The third kappa shape index (κ3) is 6.33. The van der Waals surface area contributed by atoms with Crippen molar-refractivity contribution in [2.45, 2.75) is 45.1 Å². The summed E-state index contributed by atoms with van der Waals surface area (Å²) in [5.74, 6) is 1.48. The van der Waals surface area contributed by atoms with Gasteiger partial charge in [-0.05, 0) is 62.5 Å². The fourth-order valence-corrected chi connectivity index (χ4v) is 3.40. The lowest BCUT2D eigenvalue weighted by Crippen LogP contribution is -2.45. The molecule has 1 heterocycles. The van der Waals surface area contributed by atoms with E-state index in [4.69, 9.17) is 21.1 Å². The fraction of sp³-hybridized carbons (Fsp3) is 0.684. The van der Waals surface area contributed by atoms with Gasteiger partial charge in [0.2, 0.25) is 0 Å². The second-order valence-corrected chi connectivity index (χ2v) is 6.86. The largest absolute Gasteiger partial charge is 0.494 e. The maximum Gasteiger partial charge on any atom is 0.119 e. The van der Waals surface area contributed by atoms with Crippen LogP contribution in [-0.2, 0) is 4.74 Å². The van der Waals surface area contributed by atoms with Crippen LogP contribution in [0.4, 0.5) is 0 Å². The lowest BCUT2D eigenvalue weighted by Gasteiger charge is -2.37. The summed E-state index contributed by atoms with van der Waals surface area (Å²) < 4.78 is 11.6. The number of methoxy groups -OCH3 is 1. The van der Waals surface area contributed by atoms with Gasteiger partial charge in [-0.3, -0.25) is 0 Å². The van der Waals surface area contributed by atoms with Crippen molar-refractivity contribution in [3.8, 4) is 5.75 Å². The lowest BCUT2D eigenvalue weighted by atomic mass is 9.91. The molecular weight excluding hydrogens is 310 g/mol. The molecule has 23 heavy (non-hydrogen) atoms. The molecule has 0 saturated carbocycles. The van der Waals surface area contributed by atoms with E-state index in [2.05, 4.69) is 11.8 Å². The van der Waals surface area contributed by atoms with Crippen LogP contribution in [0.3, 0.4) is 0 Å². The van der Waals surface area contributed by atoms with E-state index in [9.17, 15) is 0 Å². The highest BCUT2D eigenvalue weighted by molar-refractivity contribution is 6.30. The first-order valence-corrected chi connectivity index (χ1v) is 9.24. The summed E-state index contributed by atoms with van der Waals surface area (Å²) in [7, 11) is 1.84. The van der Waals surface area contributed by atoms with E-state index in [0.29, 0.717) is 12.0 Å². The first-order chi connectivity index (χ1) is 11.2. The number of hydrogen-bond acceptors (Lipinski definition) is 3. The Kier molecular flexibility index (Phi) is 8.21. The molecule has 0 aliphatic carbocycles. The summed E-state index contributed by atoms with van der Waals surface area (Å²) in [5.41, 5.74) is 0. The van der Waals surface area contributed by atoms with E-state index in [0.717, 1.165) is 30.3 Å². The third-order valence-electron chi connectivity index (χ3n) is 4.73. The Morgan fingerprint density at radius 3 is 2.70 bits per heavy atom. The standard InChI is InChI=1S/C19H30ClNO2/c1-3-4-5-12-21-13-10-16(19(15-21)22-2)11-14-23-18-8-6-17(20)7-9-18/h6-9,16,19H,3-5,10-15H2,1-2H3/t16-,19-/m1/s1. The second kappa shape index (κ2) is 10.2. The van der Waals surface area contributed by atoms with Gasteiger partial charge in [-0.25, -0.2) is 0 Å². The summed E-state index contributed by atoms with van der Waals surface area (Å²) >= 11 is 5.89. The van der Waals surface area contributed by atoms with Gasteiger partial charge in [0.15, 0.2) is 0 Å². The van der Waals surface area contributed by atoms with E-state index >= 15 is 0 Å². The predicted octanol–water partition coefficient (Wildman–Crippen LogP) is 4.64. The van der Waals surface area contributed by atoms with Gasteiger partial charge in [0, 0.05) is 18.7 Å². The molecule has 3 nitrogen and oxygen atoms in total. The van der Waals surface area contributed by atoms with Crippen molar-refractivity contribution in [3.05, 3.63) is 29.3 Å². The van der Waals surface area contributed by atoms with Crippen molar-refractivity contribution in [2.24, 2.45) is 5.92 Å². The highest BCUT2D eigenvalue weighted by Crippen LogP contribution is 2.24. The Morgan fingerprint density at radius 2 is 2.00 bits per heavy atom. The summed E-state index contributed by atoms with van der Waals surface area (Å²) in [6, 6.07) is 7.58. The lowest BCUT2D eigenvalue weighted by molar-refractivity contribution is -0.0180. The minimum Gasteiger partial charge on any atom is -0.494 e. The normalized spacial score (nSPS) is 22.2. The number of benzene rings is 1. The molecule has 1 saturated heterocycles. The number of likely N-dealkylation sites (tertiary alicyclic amines) is 1. The van der Waals surface area contributed by atoms with Crippen LogP contribution in [0.2, 0.25) is 5.02 Å². The Morgan fingerprint density at radius 1 is 1.22 bits per heavy atom. The molecule has 2 rings (SSSR count). The van der Waals surface area contributed by atoms with E-state index in [1.165, 1.54) is 38.8 Å². The SMILES string of the molecule is CCCCCN1CC[C@H](CCOc2ccc(Cl)cc2)[C@H](OC)C1. The number of halogens is 1. The molecule has 1 aliphatic heterocycles. The molecule has 0 amide bonds. The van der Waals surface area contributed by atoms with Crippen LogP contribution in [-0.4, -0.2) is 44.4 Å². The van der Waals surface area contributed by atoms with Crippen LogP contribution in [0.25, 0.3) is 0 Å². The van der Waals surface area contributed by atoms with Crippen LogP contribution in [0.5, 0.6) is 5.75 Å². The molecule has 1 aromatic rings. The van der Waals surface area contributed by atoms with Crippen molar-refractivity contribution in [1.29, 1.82) is 0 Å². The van der Waals surface area contributed by atoms with Crippen molar-refractivity contribution >= 4 is 11.6 Å². The molecule has 130 valence electrons. The topological polar surface area (TPSA) is 21.7 Å². The zero-order valence-electron chi connectivity index (χ0n) is 14.5. The average molecular weight is 340 g/mol. The molecule has 2 atom stereocenters. The zero-order chi connectivity index (χ0) is 16.5. The second-order valence-electron chi connectivity index (χ2n) is 6.42. The van der Waals surface area contributed by atoms with E-state index < -0.39 is 0 Å². The van der Waals surface area contributed by atoms with E-state index in [-0.39, 0.29) is 0 Å². The number of hydrogen-bond donors (Lipinski definition) is 0. The molecule has 1 aromatic carbocycles. The summed E-state index contributed by atoms with van der Waals surface area (Å²) in [6.07, 6.45) is 6.49. The number of ether oxygens (including phenoxy) is 2. The molecule has 1 fully saturated rings. The first-order valence-electron chi connectivity index (χ1n) is 8.86. The molecule has 1 aliphatic rings. The van der Waals surface area contributed by atoms with Gasteiger partial charge >= 0.3 is 0 Å². The number of nitrogens with zero attached hydrogens (tertiary/aromatic N) is 1. The van der Waals surface area contributed by atoms with Crippen molar-refractivity contribution < 1.29 is 9.47 Å². The highest BCUT2D eigenvalue weighted by Gasteiger charge is 2.28. The Balaban J connectivity index is 1.71. The highest BCUT2D eigenvalue weighted by atomic mass is 35.5. The van der Waals surface area contributed by atoms with E-state index in [1.54, 1.807) is 0 Å². The van der Waals surface area contributed by atoms with Gasteiger partial charge in [-0.1, -0.05) is 31.4 Å². The molecule has 0 aromatic heterocycles. The van der Waals surface area contributed by atoms with Gasteiger partial charge in [-0.15, -0.1) is 0 Å². The summed E-state index contributed by atoms with van der Waals surface area (Å²) in [6.45, 7) is 6.45. The maximum atomic E-state index is 5.89. The Hall–Kier alpha value is -0.770. The Bertz CT molecular complexity index is 438. The van der Waals surface area contributed by atoms with Gasteiger partial charge in [0.25, 0.3) is 0 Å². The molecule has 0 unspecified atom stereocenters. The number of piperidine rings is 1. The quantitative estimate of drug-likeness (QED) is 0.612. The van der Waals surface area contributed by atoms with Crippen LogP contribution in [0.15, 0.2) is 24.3 Å². The molecule has 0 radical (unpaired) electrons. The van der Waals surface area contributed by atoms with Crippen molar-refractivity contribution in [3.63, 3.8) is 0 Å². The number of rotatable bonds is 9. The fourth-order valence-electron chi connectivity index (χ4n) is 3.27. The van der Waals surface area contributed by atoms with Crippen LogP contribution in [0.1, 0.15) is 39.0 Å². The van der Waals surface area contributed by atoms with Gasteiger partial charge in [0.1, 0.15) is 5.75 Å². The van der Waals surface area contributed by atoms with Gasteiger partial charge in [-0.2, -0.15) is 0 Å². The Labute approximate surface area is 145 Å². The first kappa shape index (κ1) is 18.6. The van der Waals surface area contributed by atoms with Gasteiger partial charge in [0.05, 0.1) is 12.7 Å². The molecule has 0 bridgehead atoms. The van der Waals surface area contributed by atoms with Crippen molar-refractivity contribution in [1.82, 2.24) is 4.90 Å². The smallest absolute Gasteiger partial charge is 0.119 e. The van der Waals surface area contributed by atoms with Crippen LogP contribution in [0, 0.1) is 5.92 Å². The van der Waals surface area contributed by atoms with Crippen molar-refractivity contribution in [2.75, 3.05) is 33.4 Å². The van der Waals surface area contributed by atoms with Gasteiger partial charge < -0.3 is 14.4 Å². The summed E-state index contributed by atoms with van der Waals surface area (Å²) in [4.78, 5) is 2.56. The van der Waals surface area contributed by atoms with E-state index in [1.807, 2.05) is 31.4 Å². The predicted molar refractivity (Wildman–Crippen MR) is 96.4 cm³/mol. The monoisotopic (exact) mass is 339 g/mol. The zero-order valence-corrected chi connectivity index (χ0v) is 15.2. The molecule has 0 N–H and O–H groups in total. The third-order valence-corrected chi connectivity index (χ3v) is 4.98. The number of unbranched alkanes of at least 4 members (excludes halogenated alkanes) is 2.